The molecule has 0 radical (unpaired) electrons. The third kappa shape index (κ3) is 6.93. The number of likely N-dealkylation sites (tertiary alicyclic amines) is 1. The highest BCUT2D eigenvalue weighted by atomic mass is 19.4. The summed E-state index contributed by atoms with van der Waals surface area (Å²) in [5.41, 5.74) is -0.238. The normalized spacial score (nSPS) is 15.1. The molecule has 3 N–H and O–H groups in total. The van der Waals surface area contributed by atoms with Crippen molar-refractivity contribution >= 4 is 34.1 Å². The molecule has 6 nitrogen and oxygen atoms in total. The predicted molar refractivity (Wildman–Crippen MR) is 125 cm³/mol. The largest absolute Gasteiger partial charge is 0.417 e. The van der Waals surface area contributed by atoms with Crippen molar-refractivity contribution in [2.75, 3.05) is 50.9 Å². The zero-order valence-electron chi connectivity index (χ0n) is 18.9. The lowest BCUT2D eigenvalue weighted by Gasteiger charge is -2.30. The molecule has 2 heterocycles. The van der Waals surface area contributed by atoms with E-state index in [1.54, 1.807) is 12.1 Å². The Labute approximate surface area is 187 Å². The maximum atomic E-state index is 13.4. The number of rotatable bonds is 7. The monoisotopic (exact) mass is 451 g/mol. The van der Waals surface area contributed by atoms with Crippen molar-refractivity contribution in [3.05, 3.63) is 36.5 Å². The van der Waals surface area contributed by atoms with Crippen LogP contribution in [-0.4, -0.2) is 68.7 Å². The number of likely N-dealkylation sites (N-methyl/N-ethyl adjacent to an activating group) is 1. The second kappa shape index (κ2) is 11.8. The molecule has 0 bridgehead atoms. The molecular weight excluding hydrogens is 419 g/mol. The fraction of sp³-hybridized carbons (Fsp3) is 0.478. The number of halogens is 3. The van der Waals surface area contributed by atoms with Gasteiger partial charge in [0, 0.05) is 35.6 Å². The molecule has 1 aliphatic heterocycles. The Morgan fingerprint density at radius 2 is 1.91 bits per heavy atom. The third-order valence-corrected chi connectivity index (χ3v) is 5.26. The number of nitrogens with zero attached hydrogens (tertiary/aromatic N) is 2. The average Bonchev–Trinajstić information content (AvgIpc) is 2.75. The summed E-state index contributed by atoms with van der Waals surface area (Å²) in [4.78, 5) is 15.3. The van der Waals surface area contributed by atoms with Crippen LogP contribution in [0.4, 0.5) is 24.7 Å². The van der Waals surface area contributed by atoms with Crippen molar-refractivity contribution in [3.63, 3.8) is 0 Å². The van der Waals surface area contributed by atoms with Crippen LogP contribution >= 0.6 is 0 Å². The molecule has 9 heteroatoms. The van der Waals surface area contributed by atoms with Crippen molar-refractivity contribution in [2.24, 2.45) is 0 Å². The van der Waals surface area contributed by atoms with E-state index in [0.29, 0.717) is 35.7 Å². The number of hydrogen-bond acceptors (Lipinski definition) is 6. The van der Waals surface area contributed by atoms with Gasteiger partial charge in [0.15, 0.2) is 0 Å². The SMILES string of the molecule is C=C(c1nc(NCCNC)cc2c(NC3CCN(C)CC3)cccc12)C(F)(F)F.CC=O. The lowest BCUT2D eigenvalue weighted by atomic mass is 10.0. The number of alkyl halides is 3. The standard InChI is InChI=1S/C21H28F3N5.C2H4O/c1-14(21(22,23)24)20-16-5-4-6-18(27-15-7-11-29(3)12-8-15)17(16)13-19(28-20)26-10-9-25-2;1-2-3/h4-6,13,15,25,27H,1,7-12H2,2-3H3,(H,26,28);2H,1H3. The van der Waals surface area contributed by atoms with Gasteiger partial charge in [-0.2, -0.15) is 13.2 Å². The first kappa shape index (κ1) is 25.6. The molecule has 2 aromatic rings. The fourth-order valence-electron chi connectivity index (χ4n) is 3.55. The van der Waals surface area contributed by atoms with Gasteiger partial charge < -0.3 is 25.6 Å². The number of aldehydes is 1. The van der Waals surface area contributed by atoms with Crippen molar-refractivity contribution < 1.29 is 18.0 Å². The summed E-state index contributed by atoms with van der Waals surface area (Å²) < 4.78 is 40.3. The number of aromatic nitrogens is 1. The molecule has 176 valence electrons. The van der Waals surface area contributed by atoms with Crippen LogP contribution in [0.25, 0.3) is 16.3 Å². The van der Waals surface area contributed by atoms with Gasteiger partial charge in [0.25, 0.3) is 0 Å². The number of carbonyl (C=O) groups excluding carboxylic acids is 1. The first-order valence-corrected chi connectivity index (χ1v) is 10.6. The zero-order valence-corrected chi connectivity index (χ0v) is 18.9. The zero-order chi connectivity index (χ0) is 23.7. The lowest BCUT2D eigenvalue weighted by Crippen LogP contribution is -2.36. The molecule has 1 saturated heterocycles. The van der Waals surface area contributed by atoms with Gasteiger partial charge >= 0.3 is 6.18 Å². The van der Waals surface area contributed by atoms with Crippen molar-refractivity contribution in [2.45, 2.75) is 32.0 Å². The van der Waals surface area contributed by atoms with E-state index in [1.165, 1.54) is 6.92 Å². The van der Waals surface area contributed by atoms with Crippen molar-refractivity contribution in [1.29, 1.82) is 0 Å². The molecule has 1 fully saturated rings. The van der Waals surface area contributed by atoms with E-state index in [4.69, 9.17) is 4.79 Å². The quantitative estimate of drug-likeness (QED) is 0.434. The predicted octanol–water partition coefficient (Wildman–Crippen LogP) is 4.15. The highest BCUT2D eigenvalue weighted by Gasteiger charge is 2.35. The molecule has 0 atom stereocenters. The Hall–Kier alpha value is -2.65. The summed E-state index contributed by atoms with van der Waals surface area (Å²) in [5, 5.41) is 10.8. The molecule has 0 saturated carbocycles. The number of fused-ring (bicyclic) bond motifs is 1. The number of hydrogen-bond donors (Lipinski definition) is 3. The molecule has 0 aliphatic carbocycles. The molecule has 0 amide bonds. The number of nitrogens with one attached hydrogen (secondary N) is 3. The van der Waals surface area contributed by atoms with Gasteiger partial charge in [0.1, 0.15) is 12.1 Å². The van der Waals surface area contributed by atoms with E-state index >= 15 is 0 Å². The van der Waals surface area contributed by atoms with Crippen LogP contribution in [0.3, 0.4) is 0 Å². The van der Waals surface area contributed by atoms with Crippen LogP contribution in [0.15, 0.2) is 30.8 Å². The smallest absolute Gasteiger partial charge is 0.382 e. The average molecular weight is 452 g/mol. The number of anilines is 2. The van der Waals surface area contributed by atoms with E-state index in [2.05, 4.69) is 39.5 Å². The maximum Gasteiger partial charge on any atom is 0.417 e. The molecule has 1 aromatic heterocycles. The molecule has 0 unspecified atom stereocenters. The Balaban J connectivity index is 0.00000114. The van der Waals surface area contributed by atoms with Crippen molar-refractivity contribution in [1.82, 2.24) is 15.2 Å². The molecule has 32 heavy (non-hydrogen) atoms. The highest BCUT2D eigenvalue weighted by Crippen LogP contribution is 2.38. The minimum absolute atomic E-state index is 0.131. The fourth-order valence-corrected chi connectivity index (χ4v) is 3.55. The van der Waals surface area contributed by atoms with Gasteiger partial charge in [-0.1, -0.05) is 18.7 Å². The van der Waals surface area contributed by atoms with E-state index in [0.717, 1.165) is 37.9 Å². The van der Waals surface area contributed by atoms with Crippen molar-refractivity contribution in [3.8, 4) is 0 Å². The van der Waals surface area contributed by atoms with Gasteiger partial charge in [-0.25, -0.2) is 4.98 Å². The van der Waals surface area contributed by atoms with Crippen LogP contribution in [0.5, 0.6) is 0 Å². The number of carbonyl (C=O) groups is 1. The molecule has 0 spiro atoms. The van der Waals surface area contributed by atoms with E-state index in [9.17, 15) is 13.2 Å². The Morgan fingerprint density at radius 3 is 2.50 bits per heavy atom. The van der Waals surface area contributed by atoms with Gasteiger partial charge in [-0.15, -0.1) is 0 Å². The highest BCUT2D eigenvalue weighted by molar-refractivity contribution is 6.01. The van der Waals surface area contributed by atoms with E-state index < -0.39 is 11.7 Å². The summed E-state index contributed by atoms with van der Waals surface area (Å²) in [5.74, 6) is 0.408. The Morgan fingerprint density at radius 1 is 1.25 bits per heavy atom. The molecular formula is C23H32F3N5O. The van der Waals surface area contributed by atoms with Gasteiger partial charge in [-0.05, 0) is 59.1 Å². The van der Waals surface area contributed by atoms with E-state index in [1.807, 2.05) is 19.2 Å². The summed E-state index contributed by atoms with van der Waals surface area (Å²) >= 11 is 0. The van der Waals surface area contributed by atoms with Crippen LogP contribution in [-0.2, 0) is 4.79 Å². The van der Waals surface area contributed by atoms with Crippen LogP contribution in [0.1, 0.15) is 25.5 Å². The Bertz CT molecular complexity index is 908. The van der Waals surface area contributed by atoms with Crippen LogP contribution in [0, 0.1) is 0 Å². The Kier molecular flexibility index (Phi) is 9.46. The summed E-state index contributed by atoms with van der Waals surface area (Å²) in [6.45, 7) is 7.95. The second-order valence-electron chi connectivity index (χ2n) is 7.72. The lowest BCUT2D eigenvalue weighted by molar-refractivity contribution is -0.106. The minimum Gasteiger partial charge on any atom is -0.382 e. The molecule has 1 aromatic carbocycles. The van der Waals surface area contributed by atoms with Gasteiger partial charge in [0.05, 0.1) is 11.3 Å². The topological polar surface area (TPSA) is 69.3 Å². The minimum atomic E-state index is -4.54. The van der Waals surface area contributed by atoms with Gasteiger partial charge in [-0.3, -0.25) is 0 Å². The maximum absolute atomic E-state index is 13.4. The summed E-state index contributed by atoms with van der Waals surface area (Å²) in [6.07, 6.45) is -1.80. The summed E-state index contributed by atoms with van der Waals surface area (Å²) in [6, 6.07) is 7.46. The number of pyridine rings is 1. The number of piperidine rings is 1. The first-order chi connectivity index (χ1) is 15.2. The summed E-state index contributed by atoms with van der Waals surface area (Å²) in [7, 11) is 3.91. The van der Waals surface area contributed by atoms with Crippen LogP contribution < -0.4 is 16.0 Å². The number of benzene rings is 1. The number of allylic oxidation sites excluding steroid dienone is 1. The molecule has 1 aliphatic rings. The molecule has 3 rings (SSSR count). The second-order valence-corrected chi connectivity index (χ2v) is 7.72. The third-order valence-electron chi connectivity index (χ3n) is 5.26. The van der Waals surface area contributed by atoms with Crippen LogP contribution in [0.2, 0.25) is 0 Å². The van der Waals surface area contributed by atoms with Gasteiger partial charge in [0.2, 0.25) is 0 Å². The first-order valence-electron chi connectivity index (χ1n) is 10.6. The van der Waals surface area contributed by atoms with E-state index in [-0.39, 0.29) is 5.69 Å².